The van der Waals surface area contributed by atoms with Gasteiger partial charge in [-0.1, -0.05) is 29.8 Å². The molecule has 4 heterocycles. The summed E-state index contributed by atoms with van der Waals surface area (Å²) in [6.07, 6.45) is 1.53. The zero-order chi connectivity index (χ0) is 24.1. The Morgan fingerprint density at radius 2 is 2.03 bits per heavy atom. The average Bonchev–Trinajstić information content (AvgIpc) is 3.22. The number of carbonyl (C=O) groups excluding carboxylic acids is 1. The summed E-state index contributed by atoms with van der Waals surface area (Å²) >= 11 is 6.61. The van der Waals surface area contributed by atoms with Gasteiger partial charge in [-0.15, -0.1) is 0 Å². The summed E-state index contributed by atoms with van der Waals surface area (Å²) < 4.78 is 5.53. The normalized spacial score (nSPS) is 18.9. The summed E-state index contributed by atoms with van der Waals surface area (Å²) in [6, 6.07) is 7.75. The quantitative estimate of drug-likeness (QED) is 0.611. The highest BCUT2D eigenvalue weighted by Gasteiger charge is 2.51. The van der Waals surface area contributed by atoms with Crippen LogP contribution in [0.3, 0.4) is 0 Å². The molecule has 0 unspecified atom stereocenters. The molecule has 1 N–H and O–H groups in total. The zero-order valence-corrected chi connectivity index (χ0v) is 20.7. The minimum atomic E-state index is -0.498. The Hall–Kier alpha value is -2.82. The van der Waals surface area contributed by atoms with Crippen LogP contribution in [-0.4, -0.2) is 54.3 Å². The lowest BCUT2D eigenvalue weighted by molar-refractivity contribution is -0.0266. The van der Waals surface area contributed by atoms with Gasteiger partial charge < -0.3 is 19.9 Å². The van der Waals surface area contributed by atoms with E-state index in [-0.39, 0.29) is 11.5 Å². The van der Waals surface area contributed by atoms with E-state index in [0.29, 0.717) is 30.3 Å². The average molecular weight is 480 g/mol. The topological polar surface area (TPSA) is 62.1 Å². The van der Waals surface area contributed by atoms with Crippen LogP contribution in [0.2, 0.25) is 5.02 Å². The third-order valence-electron chi connectivity index (χ3n) is 6.88. The van der Waals surface area contributed by atoms with Crippen molar-refractivity contribution in [2.24, 2.45) is 5.41 Å². The molecule has 3 aliphatic rings. The van der Waals surface area contributed by atoms with Crippen LogP contribution in [0.25, 0.3) is 16.0 Å². The number of nitrogens with one attached hydrogen (secondary N) is 1. The van der Waals surface area contributed by atoms with Crippen molar-refractivity contribution < 1.29 is 9.53 Å². The number of aromatic nitrogens is 1. The maximum Gasteiger partial charge on any atom is 0.410 e. The summed E-state index contributed by atoms with van der Waals surface area (Å²) in [5.41, 5.74) is 4.04. The lowest BCUT2D eigenvalue weighted by Gasteiger charge is -2.47. The van der Waals surface area contributed by atoms with Gasteiger partial charge in [-0.2, -0.15) is 0 Å². The van der Waals surface area contributed by atoms with Gasteiger partial charge in [0.2, 0.25) is 5.69 Å². The van der Waals surface area contributed by atoms with E-state index in [1.807, 2.05) is 45.0 Å². The van der Waals surface area contributed by atoms with E-state index in [1.54, 1.807) is 4.90 Å². The van der Waals surface area contributed by atoms with Crippen LogP contribution in [-0.2, 0) is 17.7 Å². The summed E-state index contributed by atoms with van der Waals surface area (Å²) in [4.78, 5) is 25.5. The first-order chi connectivity index (χ1) is 16.2. The van der Waals surface area contributed by atoms with Crippen molar-refractivity contribution in [3.8, 4) is 11.1 Å². The van der Waals surface area contributed by atoms with Crippen molar-refractivity contribution in [1.29, 1.82) is 0 Å². The number of hydrogen-bond acceptors (Lipinski definition) is 5. The molecule has 2 fully saturated rings. The van der Waals surface area contributed by atoms with Gasteiger partial charge in [-0.25, -0.2) is 14.6 Å². The Morgan fingerprint density at radius 1 is 1.26 bits per heavy atom. The molecule has 0 bridgehead atoms. The maximum absolute atomic E-state index is 12.4. The summed E-state index contributed by atoms with van der Waals surface area (Å²) in [5.74, 6) is 0.736. The van der Waals surface area contributed by atoms with E-state index in [1.165, 1.54) is 0 Å². The Labute approximate surface area is 205 Å². The molecule has 8 heteroatoms. The molecule has 0 atom stereocenters. The van der Waals surface area contributed by atoms with Gasteiger partial charge in [0.1, 0.15) is 11.4 Å². The number of ether oxygens (including phenoxy) is 1. The van der Waals surface area contributed by atoms with Crippen LogP contribution in [0, 0.1) is 12.0 Å². The molecule has 2 aromatic rings. The number of fused-ring (bicyclic) bond motifs is 1. The minimum Gasteiger partial charge on any atom is -0.444 e. The van der Waals surface area contributed by atoms with Crippen LogP contribution in [0.1, 0.15) is 38.4 Å². The molecule has 0 radical (unpaired) electrons. The first-order valence-electron chi connectivity index (χ1n) is 11.8. The second-order valence-corrected chi connectivity index (χ2v) is 11.0. The van der Waals surface area contributed by atoms with E-state index < -0.39 is 5.60 Å². The molecular formula is C26H30ClN5O2. The van der Waals surface area contributed by atoms with Gasteiger partial charge in [0.25, 0.3) is 0 Å². The maximum atomic E-state index is 12.4. The van der Waals surface area contributed by atoms with E-state index >= 15 is 0 Å². The summed E-state index contributed by atoms with van der Waals surface area (Å²) in [7, 11) is 0. The molecule has 3 aliphatic heterocycles. The summed E-state index contributed by atoms with van der Waals surface area (Å²) in [5, 5.41) is 4.06. The number of halogens is 1. The van der Waals surface area contributed by atoms with E-state index in [2.05, 4.69) is 15.1 Å². The molecule has 1 aromatic carbocycles. The van der Waals surface area contributed by atoms with Gasteiger partial charge in [0.15, 0.2) is 0 Å². The van der Waals surface area contributed by atoms with Gasteiger partial charge in [0, 0.05) is 43.2 Å². The van der Waals surface area contributed by atoms with E-state index in [4.69, 9.17) is 27.9 Å². The fourth-order valence-electron chi connectivity index (χ4n) is 5.36. The molecule has 0 saturated carbocycles. The Balaban J connectivity index is 1.46. The zero-order valence-electron chi connectivity index (χ0n) is 19.9. The molecule has 1 spiro atoms. The fraction of sp³-hybridized carbons (Fsp3) is 0.500. The predicted octanol–water partition coefficient (Wildman–Crippen LogP) is 5.05. The molecule has 1 amide bonds. The molecule has 7 nitrogen and oxygen atoms in total. The largest absolute Gasteiger partial charge is 0.444 e. The standard InChI is InChI=1S/C26H30ClN5O2/c1-25(2,3)34-24(33)32-15-26(16-32)10-12-31(14-26)23-22(28-4)21(17-7-5-6-8-19(17)27)18-9-11-29-13-20(18)30-23/h5-8,29H,9-16H2,1-3H3. The Kier molecular flexibility index (Phi) is 5.70. The highest BCUT2D eigenvalue weighted by molar-refractivity contribution is 6.33. The monoisotopic (exact) mass is 479 g/mol. The minimum absolute atomic E-state index is 0.0244. The van der Waals surface area contributed by atoms with E-state index in [9.17, 15) is 4.79 Å². The number of carbonyl (C=O) groups is 1. The number of nitrogens with zero attached hydrogens (tertiary/aromatic N) is 4. The van der Waals surface area contributed by atoms with Gasteiger partial charge in [0.05, 0.1) is 12.3 Å². The predicted molar refractivity (Wildman–Crippen MR) is 133 cm³/mol. The van der Waals surface area contributed by atoms with Crippen LogP contribution < -0.4 is 10.2 Å². The summed E-state index contributed by atoms with van der Waals surface area (Å²) in [6.45, 7) is 18.2. The smallest absolute Gasteiger partial charge is 0.410 e. The molecule has 0 aliphatic carbocycles. The number of hydrogen-bond donors (Lipinski definition) is 1. The second kappa shape index (κ2) is 8.44. The van der Waals surface area contributed by atoms with Crippen molar-refractivity contribution in [2.75, 3.05) is 37.6 Å². The molecular weight excluding hydrogens is 450 g/mol. The molecule has 5 rings (SSSR count). The molecule has 1 aromatic heterocycles. The third kappa shape index (κ3) is 4.10. The number of amides is 1. The Morgan fingerprint density at radius 3 is 2.74 bits per heavy atom. The first-order valence-corrected chi connectivity index (χ1v) is 12.2. The van der Waals surface area contributed by atoms with Crippen molar-refractivity contribution in [3.63, 3.8) is 0 Å². The second-order valence-electron chi connectivity index (χ2n) is 10.6. The van der Waals surface area contributed by atoms with Crippen LogP contribution in [0.5, 0.6) is 0 Å². The van der Waals surface area contributed by atoms with Crippen molar-refractivity contribution in [2.45, 2.75) is 45.8 Å². The molecule has 34 heavy (non-hydrogen) atoms. The highest BCUT2D eigenvalue weighted by atomic mass is 35.5. The first kappa shape index (κ1) is 22.9. The van der Waals surface area contributed by atoms with Gasteiger partial charge in [-0.05, 0) is 62.9 Å². The lowest BCUT2D eigenvalue weighted by atomic mass is 9.79. The Bertz CT molecular complexity index is 1180. The molecule has 178 valence electrons. The lowest BCUT2D eigenvalue weighted by Crippen LogP contribution is -2.60. The van der Waals surface area contributed by atoms with E-state index in [0.717, 1.165) is 60.7 Å². The van der Waals surface area contributed by atoms with Crippen LogP contribution in [0.4, 0.5) is 16.3 Å². The number of benzene rings is 1. The molecule has 2 saturated heterocycles. The number of anilines is 1. The third-order valence-corrected chi connectivity index (χ3v) is 7.21. The van der Waals surface area contributed by atoms with Crippen molar-refractivity contribution in [1.82, 2.24) is 15.2 Å². The SMILES string of the molecule is [C-]#[N+]c1c(N2CCC3(CN(C(=O)OC(C)(C)C)C3)C2)nc2c(c1-c1ccccc1Cl)CCNC2. The van der Waals surface area contributed by atoms with Gasteiger partial charge >= 0.3 is 6.09 Å². The fourth-order valence-corrected chi connectivity index (χ4v) is 5.59. The van der Waals surface area contributed by atoms with Crippen LogP contribution in [0.15, 0.2) is 24.3 Å². The number of pyridine rings is 1. The van der Waals surface area contributed by atoms with Gasteiger partial charge in [-0.3, -0.25) is 0 Å². The van der Waals surface area contributed by atoms with Crippen LogP contribution >= 0.6 is 11.6 Å². The number of rotatable bonds is 2. The van der Waals surface area contributed by atoms with Crippen molar-refractivity contribution >= 4 is 29.2 Å². The highest BCUT2D eigenvalue weighted by Crippen LogP contribution is 2.48. The van der Waals surface area contributed by atoms with Crippen molar-refractivity contribution in [3.05, 3.63) is 52.0 Å². The number of likely N-dealkylation sites (tertiary alicyclic amines) is 1.